The van der Waals surface area contributed by atoms with Crippen LogP contribution in [-0.2, 0) is 28.7 Å². The topological polar surface area (TPSA) is 205 Å². The number of carboxylic acid groups (broad SMARTS) is 2. The normalized spacial score (nSPS) is 19.1. The molecule has 4 unspecified atom stereocenters. The first-order valence-electron chi connectivity index (χ1n) is 12.7. The molecule has 1 heterocycles. The van der Waals surface area contributed by atoms with Gasteiger partial charge in [-0.15, -0.1) is 11.8 Å². The molecule has 13 heteroatoms. The summed E-state index contributed by atoms with van der Waals surface area (Å²) in [5.41, 5.74) is 7.30. The minimum absolute atomic E-state index is 0.0264. The van der Waals surface area contributed by atoms with E-state index in [1.165, 1.54) is 11.8 Å². The van der Waals surface area contributed by atoms with Gasteiger partial charge in [-0.3, -0.25) is 24.0 Å². The highest BCUT2D eigenvalue weighted by atomic mass is 32.2. The van der Waals surface area contributed by atoms with Crippen LogP contribution in [-0.4, -0.2) is 81.3 Å². The second-order valence-electron chi connectivity index (χ2n) is 9.21. The van der Waals surface area contributed by atoms with Gasteiger partial charge in [-0.05, 0) is 44.1 Å². The van der Waals surface area contributed by atoms with Crippen molar-refractivity contribution in [3.8, 4) is 0 Å². The fraction of sp³-hybridized carbons (Fsp3) is 0.640. The van der Waals surface area contributed by atoms with E-state index in [2.05, 4.69) is 10.6 Å². The molecule has 4 atom stereocenters. The SMILES string of the molecule is CCCC(SCC(NC(=O)CCC(N)C(=O)O)C(=O)NCC(=O)O)C1=C2CCC=C(CCCO)C2C(=O)O1. The molecule has 1 aliphatic carbocycles. The van der Waals surface area contributed by atoms with Gasteiger partial charge < -0.3 is 36.4 Å². The van der Waals surface area contributed by atoms with E-state index in [0.29, 0.717) is 31.4 Å². The molecule has 38 heavy (non-hydrogen) atoms. The molecule has 1 aliphatic heterocycles. The van der Waals surface area contributed by atoms with Crippen LogP contribution in [0.25, 0.3) is 0 Å². The van der Waals surface area contributed by atoms with Gasteiger partial charge in [0.05, 0.1) is 5.25 Å². The number of fused-ring (bicyclic) bond motifs is 1. The standard InChI is InChI=1S/C25H37N3O9S/c1-2-5-18(22-15-8-3-6-14(7-4-11-29)21(15)25(36)37-22)38-13-17(23(33)27-12-20(31)32)28-19(30)10-9-16(26)24(34)35/h6,16-18,21,29H,2-5,7-13,26H2,1H3,(H,27,33)(H,28,30)(H,31,32)(H,34,35). The summed E-state index contributed by atoms with van der Waals surface area (Å²) in [7, 11) is 0. The molecule has 212 valence electrons. The fourth-order valence-corrected chi connectivity index (χ4v) is 5.82. The number of hydrogen-bond donors (Lipinski definition) is 6. The Morgan fingerprint density at radius 1 is 1.24 bits per heavy atom. The Balaban J connectivity index is 2.17. The van der Waals surface area contributed by atoms with Crippen LogP contribution in [0.5, 0.6) is 0 Å². The first kappa shape index (κ1) is 31.3. The minimum Gasteiger partial charge on any atom is -0.480 e. The number of carbonyl (C=O) groups is 5. The van der Waals surface area contributed by atoms with Crippen LogP contribution in [0.2, 0.25) is 0 Å². The molecule has 0 fully saturated rings. The summed E-state index contributed by atoms with van der Waals surface area (Å²) in [5.74, 6) is -3.95. The molecule has 0 saturated carbocycles. The summed E-state index contributed by atoms with van der Waals surface area (Å²) in [6.07, 6.45) is 5.65. The van der Waals surface area contributed by atoms with E-state index in [-0.39, 0.29) is 36.4 Å². The number of cyclic esters (lactones) is 1. The average molecular weight is 556 g/mol. The van der Waals surface area contributed by atoms with Crippen molar-refractivity contribution in [1.29, 1.82) is 0 Å². The lowest BCUT2D eigenvalue weighted by atomic mass is 9.81. The lowest BCUT2D eigenvalue weighted by Crippen LogP contribution is -2.49. The van der Waals surface area contributed by atoms with Crippen LogP contribution in [0.1, 0.15) is 58.3 Å². The molecule has 0 saturated heterocycles. The van der Waals surface area contributed by atoms with Gasteiger partial charge in [-0.25, -0.2) is 0 Å². The average Bonchev–Trinajstić information content (AvgIpc) is 3.22. The molecule has 12 nitrogen and oxygen atoms in total. The van der Waals surface area contributed by atoms with Crippen LogP contribution >= 0.6 is 11.8 Å². The van der Waals surface area contributed by atoms with Crippen LogP contribution in [0.4, 0.5) is 0 Å². The second kappa shape index (κ2) is 15.5. The molecular formula is C25H37N3O9S. The number of aliphatic hydroxyl groups is 1. The highest BCUT2D eigenvalue weighted by Gasteiger charge is 2.41. The summed E-state index contributed by atoms with van der Waals surface area (Å²) in [5, 5.41) is 31.6. The van der Waals surface area contributed by atoms with Gasteiger partial charge in [0.2, 0.25) is 11.8 Å². The number of hydrogen-bond acceptors (Lipinski definition) is 9. The van der Waals surface area contributed by atoms with Crippen LogP contribution < -0.4 is 16.4 Å². The van der Waals surface area contributed by atoms with Gasteiger partial charge in [0, 0.05) is 18.8 Å². The first-order valence-corrected chi connectivity index (χ1v) is 13.8. The van der Waals surface area contributed by atoms with Crippen LogP contribution in [0, 0.1) is 5.92 Å². The number of carbonyl (C=O) groups excluding carboxylic acids is 3. The van der Waals surface area contributed by atoms with E-state index >= 15 is 0 Å². The number of amides is 2. The Kier molecular flexibility index (Phi) is 12.8. The third-order valence-corrected chi connectivity index (χ3v) is 7.68. The highest BCUT2D eigenvalue weighted by Crippen LogP contribution is 2.44. The number of thioether (sulfide) groups is 1. The van der Waals surface area contributed by atoms with Gasteiger partial charge in [0.15, 0.2) is 0 Å². The number of aliphatic hydroxyl groups excluding tert-OH is 1. The number of carboxylic acids is 2. The highest BCUT2D eigenvalue weighted by molar-refractivity contribution is 8.00. The summed E-state index contributed by atoms with van der Waals surface area (Å²) in [6.45, 7) is 1.37. The predicted octanol–water partition coefficient (Wildman–Crippen LogP) is 0.686. The molecule has 2 rings (SSSR count). The number of aliphatic carboxylic acids is 2. The van der Waals surface area contributed by atoms with Crippen molar-refractivity contribution in [2.24, 2.45) is 11.7 Å². The summed E-state index contributed by atoms with van der Waals surface area (Å²) in [6, 6.07) is -2.33. The van der Waals surface area contributed by atoms with E-state index in [0.717, 1.165) is 24.0 Å². The van der Waals surface area contributed by atoms with Gasteiger partial charge in [0.1, 0.15) is 30.3 Å². The smallest absolute Gasteiger partial charge is 0.322 e. The van der Waals surface area contributed by atoms with Gasteiger partial charge in [-0.2, -0.15) is 0 Å². The molecule has 0 aromatic carbocycles. The van der Waals surface area contributed by atoms with Gasteiger partial charge >= 0.3 is 17.9 Å². The van der Waals surface area contributed by atoms with E-state index in [1.807, 2.05) is 13.0 Å². The van der Waals surface area contributed by atoms with Gasteiger partial charge in [-0.1, -0.05) is 25.0 Å². The van der Waals surface area contributed by atoms with E-state index < -0.39 is 48.3 Å². The molecule has 2 amide bonds. The Hall–Kier alpha value is -2.90. The van der Waals surface area contributed by atoms with Crippen molar-refractivity contribution in [1.82, 2.24) is 10.6 Å². The largest absolute Gasteiger partial charge is 0.480 e. The Bertz CT molecular complexity index is 966. The van der Waals surface area contributed by atoms with Crippen molar-refractivity contribution in [3.63, 3.8) is 0 Å². The second-order valence-corrected chi connectivity index (χ2v) is 10.4. The Morgan fingerprint density at radius 3 is 2.61 bits per heavy atom. The molecule has 0 aromatic heterocycles. The third kappa shape index (κ3) is 9.14. The third-order valence-electron chi connectivity index (χ3n) is 6.30. The van der Waals surface area contributed by atoms with Crippen LogP contribution in [0.15, 0.2) is 23.0 Å². The van der Waals surface area contributed by atoms with Gasteiger partial charge in [0.25, 0.3) is 0 Å². The first-order chi connectivity index (χ1) is 18.1. The van der Waals surface area contributed by atoms with Crippen molar-refractivity contribution in [2.75, 3.05) is 18.9 Å². The maximum Gasteiger partial charge on any atom is 0.322 e. The summed E-state index contributed by atoms with van der Waals surface area (Å²) < 4.78 is 5.75. The van der Waals surface area contributed by atoms with Crippen molar-refractivity contribution < 1.29 is 44.0 Å². The van der Waals surface area contributed by atoms with E-state index in [9.17, 15) is 29.1 Å². The van der Waals surface area contributed by atoms with E-state index in [4.69, 9.17) is 20.7 Å². The zero-order valence-electron chi connectivity index (χ0n) is 21.4. The zero-order chi connectivity index (χ0) is 28.2. The summed E-state index contributed by atoms with van der Waals surface area (Å²) >= 11 is 1.33. The quantitative estimate of drug-likeness (QED) is 0.109. The monoisotopic (exact) mass is 555 g/mol. The predicted molar refractivity (Wildman–Crippen MR) is 139 cm³/mol. The molecule has 7 N–H and O–H groups in total. The molecule has 0 radical (unpaired) electrons. The van der Waals surface area contributed by atoms with E-state index in [1.54, 1.807) is 0 Å². The maximum atomic E-state index is 12.8. The number of esters is 1. The number of ether oxygens (including phenoxy) is 1. The number of nitrogens with one attached hydrogen (secondary N) is 2. The van der Waals surface area contributed by atoms with Crippen molar-refractivity contribution >= 4 is 41.5 Å². The Labute approximate surface area is 225 Å². The summed E-state index contributed by atoms with van der Waals surface area (Å²) in [4.78, 5) is 59.8. The molecule has 2 aliphatic rings. The van der Waals surface area contributed by atoms with Crippen LogP contribution in [0.3, 0.4) is 0 Å². The van der Waals surface area contributed by atoms with Crippen molar-refractivity contribution in [3.05, 3.63) is 23.0 Å². The maximum absolute atomic E-state index is 12.8. The lowest BCUT2D eigenvalue weighted by molar-refractivity contribution is -0.140. The number of nitrogens with two attached hydrogens (primary N) is 1. The lowest BCUT2D eigenvalue weighted by Gasteiger charge is -2.23. The molecular weight excluding hydrogens is 518 g/mol. The zero-order valence-corrected chi connectivity index (χ0v) is 22.3. The van der Waals surface area contributed by atoms with Crippen molar-refractivity contribution in [2.45, 2.75) is 75.6 Å². The minimum atomic E-state index is -1.25. The molecule has 0 aromatic rings. The molecule has 0 spiro atoms. The fourth-order valence-electron chi connectivity index (χ4n) is 4.40. The number of rotatable bonds is 17. The Morgan fingerprint density at radius 2 is 1.97 bits per heavy atom. The molecule has 0 bridgehead atoms. The number of allylic oxidation sites excluding steroid dienone is 1.